The van der Waals surface area contributed by atoms with Crippen molar-refractivity contribution in [1.29, 1.82) is 0 Å². The molecule has 75 heavy (non-hydrogen) atoms. The first kappa shape index (κ1) is 57.9. The number of nitrogens with one attached hydrogen (secondary N) is 1. The van der Waals surface area contributed by atoms with E-state index in [4.69, 9.17) is 32.7 Å². The molecule has 0 aliphatic heterocycles. The Kier molecular flexibility index (Phi) is 19.3. The summed E-state index contributed by atoms with van der Waals surface area (Å²) in [7, 11) is -9.31. The van der Waals surface area contributed by atoms with Crippen molar-refractivity contribution in [2.24, 2.45) is 25.4 Å². The van der Waals surface area contributed by atoms with E-state index < -0.39 is 53.3 Å². The summed E-state index contributed by atoms with van der Waals surface area (Å²) in [5, 5.41) is 58.9. The summed E-state index contributed by atoms with van der Waals surface area (Å²) in [6.07, 6.45) is 0. The van der Waals surface area contributed by atoms with Gasteiger partial charge < -0.3 is 30.1 Å². The van der Waals surface area contributed by atoms with Crippen LogP contribution in [0.4, 0.5) is 34.1 Å². The molecule has 4 N–H and O–H groups in total. The number of amides is 1. The van der Waals surface area contributed by atoms with Gasteiger partial charge in [0.1, 0.15) is 44.0 Å². The molecule has 0 fully saturated rings. The molecule has 0 atom stereocenters. The number of anilines is 1. The fourth-order valence-corrected chi connectivity index (χ4v) is 9.02. The third-order valence-electron chi connectivity index (χ3n) is 11.0. The molecule has 0 unspecified atom stereocenters. The molecule has 380 valence electrons. The molecule has 23 heteroatoms. The van der Waals surface area contributed by atoms with E-state index in [-0.39, 0.29) is 110 Å². The van der Waals surface area contributed by atoms with E-state index in [0.717, 1.165) is 12.1 Å². The van der Waals surface area contributed by atoms with Crippen molar-refractivity contribution in [3.8, 4) is 23.0 Å². The van der Waals surface area contributed by atoms with Gasteiger partial charge in [0, 0.05) is 20.8 Å². The van der Waals surface area contributed by atoms with Crippen LogP contribution in [0.5, 0.6) is 23.0 Å². The maximum Gasteiger partial charge on any atom is 2.00 e. The number of carbonyl (C=O) groups excluding carboxylic acids is 1. The molecular weight excluding hydrogens is 1170 g/mol. The summed E-state index contributed by atoms with van der Waals surface area (Å²) in [6.45, 7) is 7.39. The largest absolute Gasteiger partial charge is 2.00 e. The number of phenols is 1. The third kappa shape index (κ3) is 13.3. The first-order valence-corrected chi connectivity index (χ1v) is 25.7. The maximum absolute atomic E-state index is 13.4. The molecule has 18 nitrogen and oxygen atoms in total. The third-order valence-corrected chi connectivity index (χ3v) is 13.6. The first-order chi connectivity index (χ1) is 35.2. The molecule has 8 aromatic carbocycles. The Morgan fingerprint density at radius 1 is 0.613 bits per heavy atom. The molecular formula is C52H42BaCl2N6O12S2. The second-order valence-electron chi connectivity index (χ2n) is 15.8. The minimum Gasteiger partial charge on any atom is -0.871 e. The van der Waals surface area contributed by atoms with Gasteiger partial charge in [-0.2, -0.15) is 21.9 Å². The predicted octanol–water partition coefficient (Wildman–Crippen LogP) is 11.8. The zero-order valence-corrected chi connectivity index (χ0v) is 47.7. The van der Waals surface area contributed by atoms with Crippen LogP contribution in [0.2, 0.25) is 10.0 Å². The molecule has 0 saturated heterocycles. The summed E-state index contributed by atoms with van der Waals surface area (Å²) >= 11 is 12.2. The van der Waals surface area contributed by atoms with Crippen LogP contribution < -0.4 is 25.0 Å². The van der Waals surface area contributed by atoms with Gasteiger partial charge in [0.25, 0.3) is 26.1 Å². The van der Waals surface area contributed by atoms with Crippen LogP contribution in [0.25, 0.3) is 21.5 Å². The van der Waals surface area contributed by atoms with Crippen molar-refractivity contribution in [3.05, 3.63) is 166 Å². The normalized spacial score (nSPS) is 11.9. The fraction of sp³-hybridized carbons (Fsp3) is 0.115. The molecule has 8 aromatic rings. The molecule has 0 aliphatic carbocycles. The van der Waals surface area contributed by atoms with Crippen molar-refractivity contribution < 1.29 is 55.5 Å². The van der Waals surface area contributed by atoms with Crippen LogP contribution in [0.3, 0.4) is 0 Å². The van der Waals surface area contributed by atoms with Gasteiger partial charge in [-0.25, -0.2) is 0 Å². The second kappa shape index (κ2) is 25.0. The molecule has 0 spiro atoms. The standard InChI is InChI=1S/2C26H22ClN3O6S.Ba/c2*1-3-36-21-11-7-6-10-20(21)28-26(32)18-14-16-8-4-5-9-17(16)24(25(18)31)30-29-23-15(2)19(27)12-13-22(23)37(33,34)35;/h2*4-14,31H,3H2,1-2H3,(H,28,32)(H,33,34,35);/q;;+2/p-2. The van der Waals surface area contributed by atoms with Crippen molar-refractivity contribution in [2.75, 3.05) is 18.5 Å². The number of hydrogen-bond donors (Lipinski definition) is 4. The molecule has 1 amide bonds. The van der Waals surface area contributed by atoms with Gasteiger partial charge in [-0.3, -0.25) is 18.9 Å². The molecule has 0 radical (unpaired) electrons. The molecule has 0 aromatic heterocycles. The smallest absolute Gasteiger partial charge is 0.871 e. The minimum absolute atomic E-state index is 0. The number of azo groups is 2. The van der Waals surface area contributed by atoms with Gasteiger partial charge >= 0.3 is 48.9 Å². The van der Waals surface area contributed by atoms with Crippen LogP contribution in [0, 0.1) is 13.8 Å². The fourth-order valence-electron chi connectivity index (χ4n) is 7.36. The summed E-state index contributed by atoms with van der Waals surface area (Å²) in [6, 6.07) is 34.9. The molecule has 0 heterocycles. The molecule has 0 bridgehead atoms. The quantitative estimate of drug-likeness (QED) is 0.0260. The zero-order valence-electron chi connectivity index (χ0n) is 40.1. The Hall–Kier alpha value is -6.41. The average molecular weight is 1220 g/mol. The number of fused-ring (bicyclic) bond motifs is 2. The van der Waals surface area contributed by atoms with Crippen molar-refractivity contribution in [2.45, 2.75) is 37.5 Å². The van der Waals surface area contributed by atoms with E-state index in [9.17, 15) is 46.1 Å². The monoisotopic (exact) mass is 1210 g/mol. The van der Waals surface area contributed by atoms with Crippen molar-refractivity contribution >= 4 is 160 Å². The number of phenolic OH excluding ortho intramolecular Hbond substituents is 1. The number of aliphatic imine (C=N–C) groups is 1. The van der Waals surface area contributed by atoms with Crippen LogP contribution in [0.1, 0.15) is 40.9 Å². The van der Waals surface area contributed by atoms with Crippen LogP contribution in [0.15, 0.2) is 169 Å². The van der Waals surface area contributed by atoms with Gasteiger partial charge in [0.2, 0.25) is 0 Å². The average Bonchev–Trinajstić information content (AvgIpc) is 3.36. The zero-order chi connectivity index (χ0) is 53.5. The molecule has 0 saturated carbocycles. The van der Waals surface area contributed by atoms with E-state index in [1.807, 2.05) is 6.92 Å². The number of nitrogens with zero attached hydrogens (tertiary/aromatic N) is 5. The van der Waals surface area contributed by atoms with Crippen LogP contribution in [-0.4, -0.2) is 105 Å². The number of hydrogen-bond acceptors (Lipinski definition) is 15. The molecule has 0 aliphatic rings. The van der Waals surface area contributed by atoms with Gasteiger partial charge in [0.15, 0.2) is 5.75 Å². The van der Waals surface area contributed by atoms with E-state index in [2.05, 4.69) is 30.8 Å². The SMILES string of the molecule is CCOc1ccccc1N=C([O-])c1cc2ccccc2c(N=Nc2c(S(=O)(=O)O)ccc(Cl)c2C)c1[O-].CCOc1ccccc1NC(=O)c1cc2ccccc2c(N=Nc2c(S(=O)(=O)O)ccc(Cl)c2C)c1O.[Ba+2]. The number of benzene rings is 8. The number of aromatic hydroxyl groups is 1. The van der Waals surface area contributed by atoms with Gasteiger partial charge in [-0.1, -0.05) is 102 Å². The van der Waals surface area contributed by atoms with E-state index in [1.165, 1.54) is 38.1 Å². The van der Waals surface area contributed by atoms with E-state index >= 15 is 0 Å². The van der Waals surface area contributed by atoms with E-state index in [0.29, 0.717) is 51.9 Å². The van der Waals surface area contributed by atoms with Gasteiger partial charge in [-0.05, 0) is 122 Å². The number of ether oxygens (including phenoxy) is 2. The van der Waals surface area contributed by atoms with Crippen molar-refractivity contribution in [1.82, 2.24) is 0 Å². The molecule has 8 rings (SSSR count). The Balaban J connectivity index is 0.000000241. The Labute approximate surface area is 481 Å². The Morgan fingerprint density at radius 3 is 1.60 bits per heavy atom. The maximum atomic E-state index is 13.4. The summed E-state index contributed by atoms with van der Waals surface area (Å²) < 4.78 is 77.9. The van der Waals surface area contributed by atoms with E-state index in [1.54, 1.807) is 104 Å². The predicted molar refractivity (Wildman–Crippen MR) is 284 cm³/mol. The topological polar surface area (TPSA) is 284 Å². The number of halogens is 2. The summed E-state index contributed by atoms with van der Waals surface area (Å²) in [5.74, 6) is -1.80. The van der Waals surface area contributed by atoms with Crippen molar-refractivity contribution in [3.63, 3.8) is 0 Å². The van der Waals surface area contributed by atoms with Gasteiger partial charge in [-0.15, -0.1) is 15.3 Å². The Morgan fingerprint density at radius 2 is 1.05 bits per heavy atom. The summed E-state index contributed by atoms with van der Waals surface area (Å²) in [4.78, 5) is 16.3. The second-order valence-corrected chi connectivity index (χ2v) is 19.3. The number of rotatable bonds is 14. The number of carbonyl (C=O) groups is 1. The minimum atomic E-state index is -4.67. The summed E-state index contributed by atoms with van der Waals surface area (Å²) in [5.41, 5.74) is 0.128. The number of para-hydroxylation sites is 4. The Bertz CT molecular complexity index is 3830. The van der Waals surface area contributed by atoms with Gasteiger partial charge in [0.05, 0.1) is 30.2 Å². The van der Waals surface area contributed by atoms with Crippen LogP contribution in [-0.2, 0) is 20.2 Å². The first-order valence-electron chi connectivity index (χ1n) is 22.1. The van der Waals surface area contributed by atoms with Crippen LogP contribution >= 0.6 is 23.2 Å².